The minimum Gasteiger partial charge on any atom is -0.478 e. The van der Waals surface area contributed by atoms with E-state index in [9.17, 15) is 14.4 Å². The zero-order valence-electron chi connectivity index (χ0n) is 11.2. The molecule has 1 aromatic carbocycles. The van der Waals surface area contributed by atoms with Crippen LogP contribution < -0.4 is 5.32 Å². The molecule has 110 valence electrons. The molecule has 0 bridgehead atoms. The second kappa shape index (κ2) is 6.91. The van der Waals surface area contributed by atoms with Gasteiger partial charge in [-0.15, -0.1) is 0 Å². The van der Waals surface area contributed by atoms with Crippen LogP contribution in [0.2, 0.25) is 0 Å². The number of nitrogens with zero attached hydrogens (tertiary/aromatic N) is 2. The second-order valence-electron chi connectivity index (χ2n) is 4.17. The lowest BCUT2D eigenvalue weighted by Gasteiger charge is -2.16. The zero-order valence-corrected chi connectivity index (χ0v) is 11.2. The van der Waals surface area contributed by atoms with E-state index >= 15 is 0 Å². The predicted molar refractivity (Wildman–Crippen MR) is 72.2 cm³/mol. The maximum absolute atomic E-state index is 11.8. The van der Waals surface area contributed by atoms with Gasteiger partial charge in [0.1, 0.15) is 0 Å². The number of nitriles is 1. The SMILES string of the molecule is CN(CCC#N)C(=O)Nc1cc(C(=O)O)cc(C(=O)O)c1. The average molecular weight is 291 g/mol. The smallest absolute Gasteiger partial charge is 0.335 e. The summed E-state index contributed by atoms with van der Waals surface area (Å²) in [6.07, 6.45) is 0.152. The van der Waals surface area contributed by atoms with Crippen molar-refractivity contribution in [3.63, 3.8) is 0 Å². The van der Waals surface area contributed by atoms with E-state index < -0.39 is 18.0 Å². The number of carboxylic acids is 2. The Morgan fingerprint density at radius 3 is 2.14 bits per heavy atom. The van der Waals surface area contributed by atoms with E-state index in [4.69, 9.17) is 15.5 Å². The molecule has 8 nitrogen and oxygen atoms in total. The Morgan fingerprint density at radius 1 is 1.19 bits per heavy atom. The van der Waals surface area contributed by atoms with Crippen molar-refractivity contribution in [3.8, 4) is 6.07 Å². The monoisotopic (exact) mass is 291 g/mol. The highest BCUT2D eigenvalue weighted by molar-refractivity contribution is 5.98. The molecule has 0 heterocycles. The second-order valence-corrected chi connectivity index (χ2v) is 4.17. The van der Waals surface area contributed by atoms with Gasteiger partial charge in [-0.2, -0.15) is 5.26 Å². The molecule has 0 radical (unpaired) electrons. The summed E-state index contributed by atoms with van der Waals surface area (Å²) in [5.41, 5.74) is -0.434. The van der Waals surface area contributed by atoms with Gasteiger partial charge in [0.05, 0.1) is 23.6 Å². The Morgan fingerprint density at radius 2 is 1.71 bits per heavy atom. The number of nitrogens with one attached hydrogen (secondary N) is 1. The normalized spacial score (nSPS) is 9.52. The number of carboxylic acid groups (broad SMARTS) is 2. The van der Waals surface area contributed by atoms with Gasteiger partial charge >= 0.3 is 18.0 Å². The van der Waals surface area contributed by atoms with Crippen LogP contribution in [0.3, 0.4) is 0 Å². The zero-order chi connectivity index (χ0) is 16.0. The third-order valence-corrected chi connectivity index (χ3v) is 2.58. The quantitative estimate of drug-likeness (QED) is 0.752. The van der Waals surface area contributed by atoms with Crippen LogP contribution in [0.25, 0.3) is 0 Å². The first-order valence-electron chi connectivity index (χ1n) is 5.86. The molecule has 0 aliphatic rings. The van der Waals surface area contributed by atoms with Crippen molar-refractivity contribution in [1.29, 1.82) is 5.26 Å². The topological polar surface area (TPSA) is 131 Å². The first-order chi connectivity index (χ1) is 9.85. The fourth-order valence-electron chi connectivity index (χ4n) is 1.48. The number of hydrogen-bond acceptors (Lipinski definition) is 4. The number of amides is 2. The summed E-state index contributed by atoms with van der Waals surface area (Å²) in [7, 11) is 1.46. The Balaban J connectivity index is 2.97. The van der Waals surface area contributed by atoms with Gasteiger partial charge in [0, 0.05) is 19.3 Å². The van der Waals surface area contributed by atoms with Gasteiger partial charge in [-0.25, -0.2) is 14.4 Å². The maximum Gasteiger partial charge on any atom is 0.335 e. The van der Waals surface area contributed by atoms with Crippen LogP contribution in [-0.2, 0) is 0 Å². The molecule has 0 saturated carbocycles. The highest BCUT2D eigenvalue weighted by Crippen LogP contribution is 2.16. The standard InChI is InChI=1S/C13H13N3O5/c1-16(4-2-3-14)13(21)15-10-6-8(11(17)18)5-9(7-10)12(19)20/h5-7H,2,4H2,1H3,(H,15,21)(H,17,18)(H,19,20). The van der Waals surface area contributed by atoms with Crippen molar-refractivity contribution in [2.24, 2.45) is 0 Å². The van der Waals surface area contributed by atoms with Crippen LogP contribution in [0.1, 0.15) is 27.1 Å². The molecule has 2 amide bonds. The molecule has 0 unspecified atom stereocenters. The van der Waals surface area contributed by atoms with Crippen LogP contribution in [0.5, 0.6) is 0 Å². The number of anilines is 1. The van der Waals surface area contributed by atoms with E-state index in [0.717, 1.165) is 18.2 Å². The van der Waals surface area contributed by atoms with Crippen molar-refractivity contribution < 1.29 is 24.6 Å². The first-order valence-corrected chi connectivity index (χ1v) is 5.86. The summed E-state index contributed by atoms with van der Waals surface area (Å²) in [6, 6.07) is 4.64. The number of urea groups is 1. The molecule has 1 aromatic rings. The maximum atomic E-state index is 11.8. The van der Waals surface area contributed by atoms with Crippen molar-refractivity contribution >= 4 is 23.7 Å². The van der Waals surface area contributed by atoms with Gasteiger partial charge in [-0.05, 0) is 18.2 Å². The van der Waals surface area contributed by atoms with E-state index in [1.54, 1.807) is 0 Å². The van der Waals surface area contributed by atoms with Gasteiger partial charge < -0.3 is 20.4 Å². The molecule has 1 rings (SSSR count). The summed E-state index contributed by atoms with van der Waals surface area (Å²) in [5.74, 6) is -2.60. The molecule has 0 aliphatic heterocycles. The minimum absolute atomic E-state index is 0.0566. The van der Waals surface area contributed by atoms with E-state index in [-0.39, 0.29) is 29.8 Å². The molecule has 21 heavy (non-hydrogen) atoms. The van der Waals surface area contributed by atoms with Crippen molar-refractivity contribution in [2.75, 3.05) is 18.9 Å². The Bertz CT molecular complexity index is 588. The lowest BCUT2D eigenvalue weighted by molar-refractivity contribution is 0.0696. The van der Waals surface area contributed by atoms with E-state index in [0.29, 0.717) is 0 Å². The summed E-state index contributed by atoms with van der Waals surface area (Å²) in [6.45, 7) is 0.201. The minimum atomic E-state index is -1.30. The number of rotatable bonds is 5. The molecule has 0 fully saturated rings. The number of aromatic carboxylic acids is 2. The van der Waals surface area contributed by atoms with Gasteiger partial charge in [0.25, 0.3) is 0 Å². The highest BCUT2D eigenvalue weighted by atomic mass is 16.4. The third-order valence-electron chi connectivity index (χ3n) is 2.58. The van der Waals surface area contributed by atoms with Crippen LogP contribution in [0, 0.1) is 11.3 Å². The number of benzene rings is 1. The fraction of sp³-hybridized carbons (Fsp3) is 0.231. The fourth-order valence-corrected chi connectivity index (χ4v) is 1.48. The highest BCUT2D eigenvalue weighted by Gasteiger charge is 2.14. The van der Waals surface area contributed by atoms with Gasteiger partial charge in [0.15, 0.2) is 0 Å². The molecule has 0 atom stereocenters. The molecule has 3 N–H and O–H groups in total. The first kappa shape index (κ1) is 16.0. The molecule has 0 saturated heterocycles. The van der Waals surface area contributed by atoms with Gasteiger partial charge in [0.2, 0.25) is 0 Å². The lowest BCUT2D eigenvalue weighted by atomic mass is 10.1. The van der Waals surface area contributed by atoms with Crippen LogP contribution >= 0.6 is 0 Å². The Hall–Kier alpha value is -3.08. The third kappa shape index (κ3) is 4.50. The van der Waals surface area contributed by atoms with E-state index in [1.807, 2.05) is 6.07 Å². The summed E-state index contributed by atoms with van der Waals surface area (Å²) < 4.78 is 0. The number of carbonyl (C=O) groups excluding carboxylic acids is 1. The lowest BCUT2D eigenvalue weighted by Crippen LogP contribution is -2.32. The summed E-state index contributed by atoms with van der Waals surface area (Å²) >= 11 is 0. The number of carbonyl (C=O) groups is 3. The Labute approximate surface area is 120 Å². The van der Waals surface area contributed by atoms with Crippen LogP contribution in [-0.4, -0.2) is 46.7 Å². The molecule has 0 aliphatic carbocycles. The molecular formula is C13H13N3O5. The number of hydrogen-bond donors (Lipinski definition) is 3. The summed E-state index contributed by atoms with van der Waals surface area (Å²) in [4.78, 5) is 34.9. The largest absolute Gasteiger partial charge is 0.478 e. The molecule has 8 heteroatoms. The van der Waals surface area contributed by atoms with Crippen molar-refractivity contribution in [3.05, 3.63) is 29.3 Å². The average Bonchev–Trinajstić information content (AvgIpc) is 2.44. The molecule has 0 spiro atoms. The van der Waals surface area contributed by atoms with E-state index in [2.05, 4.69) is 5.32 Å². The molecular weight excluding hydrogens is 278 g/mol. The van der Waals surface area contributed by atoms with Crippen LogP contribution in [0.4, 0.5) is 10.5 Å². The van der Waals surface area contributed by atoms with Crippen molar-refractivity contribution in [2.45, 2.75) is 6.42 Å². The molecule has 0 aromatic heterocycles. The Kier molecular flexibility index (Phi) is 5.25. The van der Waals surface area contributed by atoms with Crippen molar-refractivity contribution in [1.82, 2.24) is 4.90 Å². The van der Waals surface area contributed by atoms with Crippen LogP contribution in [0.15, 0.2) is 18.2 Å². The predicted octanol–water partition coefficient (Wildman–Crippen LogP) is 1.46. The van der Waals surface area contributed by atoms with E-state index in [1.165, 1.54) is 11.9 Å². The van der Waals surface area contributed by atoms with Gasteiger partial charge in [-0.1, -0.05) is 0 Å². The summed E-state index contributed by atoms with van der Waals surface area (Å²) in [5, 5.41) is 28.7. The van der Waals surface area contributed by atoms with Gasteiger partial charge in [-0.3, -0.25) is 0 Å².